The Kier molecular flexibility index (Phi) is 3.14. The van der Waals surface area contributed by atoms with E-state index >= 15 is 0 Å². The molecule has 0 aromatic carbocycles. The van der Waals surface area contributed by atoms with Gasteiger partial charge >= 0.3 is 0 Å². The van der Waals surface area contributed by atoms with E-state index in [1.807, 2.05) is 6.20 Å². The van der Waals surface area contributed by atoms with Crippen LogP contribution in [0.2, 0.25) is 5.15 Å². The van der Waals surface area contributed by atoms with Crippen LogP contribution in [0.25, 0.3) is 22.4 Å². The van der Waals surface area contributed by atoms with Crippen molar-refractivity contribution in [1.29, 1.82) is 0 Å². The van der Waals surface area contributed by atoms with Crippen LogP contribution in [0.5, 0.6) is 0 Å². The van der Waals surface area contributed by atoms with Crippen molar-refractivity contribution in [3.63, 3.8) is 0 Å². The number of rotatable bonds is 4. The lowest BCUT2D eigenvalue weighted by molar-refractivity contribution is 0.183. The van der Waals surface area contributed by atoms with Gasteiger partial charge in [0.05, 0.1) is 24.9 Å². The van der Waals surface area contributed by atoms with E-state index in [9.17, 15) is 0 Å². The van der Waals surface area contributed by atoms with E-state index in [1.54, 1.807) is 24.2 Å². The second-order valence-corrected chi connectivity index (χ2v) is 4.30. The van der Waals surface area contributed by atoms with E-state index in [0.717, 1.165) is 5.56 Å². The Hall–Kier alpha value is -1.99. The monoisotopic (exact) mass is 278 g/mol. The van der Waals surface area contributed by atoms with Crippen LogP contribution >= 0.6 is 11.6 Å². The quantitative estimate of drug-likeness (QED) is 0.732. The molecule has 0 aliphatic carbocycles. The highest BCUT2D eigenvalue weighted by Gasteiger charge is 2.11. The second-order valence-electron chi connectivity index (χ2n) is 3.94. The first-order valence-electron chi connectivity index (χ1n) is 5.66. The number of H-pyrrole nitrogens is 1. The average Bonchev–Trinajstić information content (AvgIpc) is 3.05. The summed E-state index contributed by atoms with van der Waals surface area (Å²) in [5.74, 6) is 0.530. The molecule has 98 valence electrons. The molecule has 0 atom stereocenters. The minimum atomic E-state index is 0.325. The highest BCUT2D eigenvalue weighted by Crippen LogP contribution is 2.22. The van der Waals surface area contributed by atoms with Crippen molar-refractivity contribution in [2.24, 2.45) is 0 Å². The minimum absolute atomic E-state index is 0.325. The van der Waals surface area contributed by atoms with Gasteiger partial charge in [0, 0.05) is 19.5 Å². The summed E-state index contributed by atoms with van der Waals surface area (Å²) in [7, 11) is 1.65. The first kappa shape index (κ1) is 12.1. The van der Waals surface area contributed by atoms with E-state index in [4.69, 9.17) is 16.3 Å². The highest BCUT2D eigenvalue weighted by molar-refractivity contribution is 6.33. The number of nitrogens with one attached hydrogen (secondary N) is 1. The molecule has 0 fully saturated rings. The maximum Gasteiger partial charge on any atom is 0.164 e. The Morgan fingerprint density at radius 2 is 2.32 bits per heavy atom. The van der Waals surface area contributed by atoms with Gasteiger partial charge in [-0.25, -0.2) is 9.97 Å². The molecule has 0 saturated heterocycles. The van der Waals surface area contributed by atoms with Gasteiger partial charge in [-0.05, 0) is 0 Å². The Labute approximate surface area is 113 Å². The number of hydrogen-bond donors (Lipinski definition) is 1. The van der Waals surface area contributed by atoms with Crippen LogP contribution in [0.4, 0.5) is 0 Å². The molecule has 3 heterocycles. The van der Waals surface area contributed by atoms with E-state index in [1.165, 1.54) is 0 Å². The first-order valence-corrected chi connectivity index (χ1v) is 6.04. The second kappa shape index (κ2) is 4.94. The number of halogens is 1. The molecule has 0 bridgehead atoms. The van der Waals surface area contributed by atoms with E-state index < -0.39 is 0 Å². The maximum absolute atomic E-state index is 6.06. The Morgan fingerprint density at radius 1 is 1.42 bits per heavy atom. The molecule has 3 aromatic rings. The molecule has 0 aliphatic rings. The van der Waals surface area contributed by atoms with Gasteiger partial charge in [0.1, 0.15) is 11.0 Å². The van der Waals surface area contributed by atoms with Gasteiger partial charge in [0.25, 0.3) is 0 Å². The molecule has 0 saturated carbocycles. The van der Waals surface area contributed by atoms with E-state index in [-0.39, 0.29) is 0 Å². The number of fused-ring (bicyclic) bond motifs is 1. The molecule has 3 aromatic heterocycles. The lowest BCUT2D eigenvalue weighted by Crippen LogP contribution is -2.03. The lowest BCUT2D eigenvalue weighted by atomic mass is 10.3. The van der Waals surface area contributed by atoms with Gasteiger partial charge in [0.2, 0.25) is 0 Å². The zero-order valence-corrected chi connectivity index (χ0v) is 10.9. The minimum Gasteiger partial charge on any atom is -0.383 e. The van der Waals surface area contributed by atoms with Crippen LogP contribution < -0.4 is 0 Å². The fourth-order valence-electron chi connectivity index (χ4n) is 1.72. The van der Waals surface area contributed by atoms with Gasteiger partial charge in [-0.2, -0.15) is 10.2 Å². The predicted octanol–water partition coefficient (Wildman–Crippen LogP) is 1.52. The van der Waals surface area contributed by atoms with Crippen LogP contribution in [0.15, 0.2) is 18.6 Å². The molecule has 7 nitrogen and oxygen atoms in total. The summed E-state index contributed by atoms with van der Waals surface area (Å²) in [6, 6.07) is 0. The number of hydrogen-bond acceptors (Lipinski definition) is 5. The smallest absolute Gasteiger partial charge is 0.164 e. The third-order valence-corrected chi connectivity index (χ3v) is 2.93. The molecule has 19 heavy (non-hydrogen) atoms. The standard InChI is InChI=1S/C11H11ClN6O/c1-19-3-2-18-6-7(4-14-18)11-15-8-5-13-17-9(8)10(12)16-11/h4-6H,2-3H2,1H3,(H,13,17). The Bertz CT molecular complexity index is 706. The summed E-state index contributed by atoms with van der Waals surface area (Å²) >= 11 is 6.06. The zero-order valence-electron chi connectivity index (χ0n) is 10.2. The van der Waals surface area contributed by atoms with E-state index in [0.29, 0.717) is 35.2 Å². The zero-order chi connectivity index (χ0) is 13.2. The largest absolute Gasteiger partial charge is 0.383 e. The first-order chi connectivity index (χ1) is 9.28. The van der Waals surface area contributed by atoms with Crippen molar-refractivity contribution in [3.05, 3.63) is 23.7 Å². The predicted molar refractivity (Wildman–Crippen MR) is 69.8 cm³/mol. The van der Waals surface area contributed by atoms with Crippen LogP contribution in [0.3, 0.4) is 0 Å². The fraction of sp³-hybridized carbons (Fsp3) is 0.273. The number of methoxy groups -OCH3 is 1. The molecular formula is C11H11ClN6O. The summed E-state index contributed by atoms with van der Waals surface area (Å²) in [5, 5.41) is 11.2. The topological polar surface area (TPSA) is 81.5 Å². The van der Waals surface area contributed by atoms with Crippen molar-refractivity contribution < 1.29 is 4.74 Å². The van der Waals surface area contributed by atoms with Gasteiger partial charge in [-0.3, -0.25) is 9.78 Å². The maximum atomic E-state index is 6.06. The summed E-state index contributed by atoms with van der Waals surface area (Å²) in [6.45, 7) is 1.28. The third kappa shape index (κ3) is 2.29. The molecular weight excluding hydrogens is 268 g/mol. The Morgan fingerprint density at radius 3 is 3.16 bits per heavy atom. The van der Waals surface area contributed by atoms with Crippen LogP contribution in [-0.4, -0.2) is 43.7 Å². The van der Waals surface area contributed by atoms with Crippen LogP contribution in [0.1, 0.15) is 0 Å². The van der Waals surface area contributed by atoms with Crippen LogP contribution in [0, 0.1) is 0 Å². The van der Waals surface area contributed by atoms with Crippen LogP contribution in [-0.2, 0) is 11.3 Å². The number of nitrogens with zero attached hydrogens (tertiary/aromatic N) is 5. The SMILES string of the molecule is COCCn1cc(-c2nc(Cl)c3n[nH]cc3n2)cn1. The van der Waals surface area contributed by atoms with Gasteiger partial charge in [-0.1, -0.05) is 11.6 Å². The van der Waals surface area contributed by atoms with Crippen molar-refractivity contribution in [2.45, 2.75) is 6.54 Å². The molecule has 0 unspecified atom stereocenters. The molecule has 0 spiro atoms. The van der Waals surface area contributed by atoms with Crippen molar-refractivity contribution in [2.75, 3.05) is 13.7 Å². The average molecular weight is 279 g/mol. The highest BCUT2D eigenvalue weighted by atomic mass is 35.5. The molecule has 0 radical (unpaired) electrons. The van der Waals surface area contributed by atoms with Gasteiger partial charge in [-0.15, -0.1) is 0 Å². The van der Waals surface area contributed by atoms with Crippen molar-refractivity contribution in [3.8, 4) is 11.4 Å². The summed E-state index contributed by atoms with van der Waals surface area (Å²) in [6.07, 6.45) is 5.24. The molecule has 0 amide bonds. The third-order valence-electron chi connectivity index (χ3n) is 2.66. The summed E-state index contributed by atoms with van der Waals surface area (Å²) < 4.78 is 6.77. The van der Waals surface area contributed by atoms with Crippen molar-refractivity contribution >= 4 is 22.6 Å². The number of aromatic amines is 1. The fourth-order valence-corrected chi connectivity index (χ4v) is 1.94. The summed E-state index contributed by atoms with van der Waals surface area (Å²) in [4.78, 5) is 8.61. The van der Waals surface area contributed by atoms with Gasteiger partial charge in [0.15, 0.2) is 11.0 Å². The lowest BCUT2D eigenvalue weighted by Gasteiger charge is -1.99. The van der Waals surface area contributed by atoms with E-state index in [2.05, 4.69) is 25.3 Å². The summed E-state index contributed by atoms with van der Waals surface area (Å²) in [5.41, 5.74) is 2.05. The molecule has 8 heteroatoms. The Balaban J connectivity index is 1.96. The molecule has 1 N–H and O–H groups in total. The number of aromatic nitrogens is 6. The normalized spacial score (nSPS) is 11.3. The van der Waals surface area contributed by atoms with Crippen molar-refractivity contribution in [1.82, 2.24) is 29.9 Å². The number of ether oxygens (including phenoxy) is 1. The van der Waals surface area contributed by atoms with Gasteiger partial charge < -0.3 is 4.74 Å². The molecule has 0 aliphatic heterocycles. The molecule has 3 rings (SSSR count).